The fourth-order valence-electron chi connectivity index (χ4n) is 3.59. The monoisotopic (exact) mass is 418 g/mol. The quantitative estimate of drug-likeness (QED) is 0.694. The van der Waals surface area contributed by atoms with E-state index in [2.05, 4.69) is 14.8 Å². The summed E-state index contributed by atoms with van der Waals surface area (Å²) in [6, 6.07) is 8.71. The van der Waals surface area contributed by atoms with E-state index < -0.39 is 15.9 Å². The summed E-state index contributed by atoms with van der Waals surface area (Å²) >= 11 is 1.37. The summed E-state index contributed by atoms with van der Waals surface area (Å²) in [5.74, 6) is 0.932. The van der Waals surface area contributed by atoms with Crippen LogP contribution in [0.3, 0.4) is 0 Å². The van der Waals surface area contributed by atoms with Crippen molar-refractivity contribution >= 4 is 33.2 Å². The number of rotatable bonds is 5. The Labute approximate surface area is 168 Å². The smallest absolute Gasteiger partial charge is 0.238 e. The van der Waals surface area contributed by atoms with Gasteiger partial charge in [0, 0.05) is 24.1 Å². The molecular weight excluding hydrogens is 396 g/mol. The third-order valence-corrected chi connectivity index (χ3v) is 7.28. The Balaban J connectivity index is 1.52. The molecule has 9 heteroatoms. The van der Waals surface area contributed by atoms with E-state index in [1.807, 2.05) is 30.3 Å². The van der Waals surface area contributed by atoms with Crippen molar-refractivity contribution in [1.29, 1.82) is 0 Å². The highest BCUT2D eigenvalue weighted by atomic mass is 32.2. The van der Waals surface area contributed by atoms with Crippen LogP contribution in [0, 0.1) is 0 Å². The van der Waals surface area contributed by atoms with E-state index in [-0.39, 0.29) is 17.4 Å². The number of fused-ring (bicyclic) bond motifs is 1. The fraction of sp³-hybridized carbons (Fsp3) is 0.421. The summed E-state index contributed by atoms with van der Waals surface area (Å²) in [5.41, 5.74) is 0.694. The summed E-state index contributed by atoms with van der Waals surface area (Å²) in [4.78, 5) is 14.7. The Morgan fingerprint density at radius 2 is 2.00 bits per heavy atom. The number of aryl methyl sites for hydroxylation is 1. The Morgan fingerprint density at radius 1 is 1.18 bits per heavy atom. The van der Waals surface area contributed by atoms with E-state index in [9.17, 15) is 13.2 Å². The predicted octanol–water partition coefficient (Wildman–Crippen LogP) is 2.44. The van der Waals surface area contributed by atoms with Gasteiger partial charge < -0.3 is 9.47 Å². The second-order valence-corrected chi connectivity index (χ2v) is 9.85. The second kappa shape index (κ2) is 8.08. The van der Waals surface area contributed by atoms with Gasteiger partial charge in [-0.1, -0.05) is 36.4 Å². The maximum Gasteiger partial charge on any atom is 0.238 e. The second-order valence-electron chi connectivity index (χ2n) is 6.97. The van der Waals surface area contributed by atoms with Gasteiger partial charge >= 0.3 is 0 Å². The molecule has 1 aromatic carbocycles. The van der Waals surface area contributed by atoms with Gasteiger partial charge in [-0.3, -0.25) is 4.79 Å². The van der Waals surface area contributed by atoms with E-state index in [4.69, 9.17) is 0 Å². The predicted molar refractivity (Wildman–Crippen MR) is 109 cm³/mol. The lowest BCUT2D eigenvalue weighted by atomic mass is 10.2. The minimum atomic E-state index is -3.26. The lowest BCUT2D eigenvalue weighted by molar-refractivity contribution is -0.116. The van der Waals surface area contributed by atoms with Crippen LogP contribution in [0.15, 0.2) is 47.0 Å². The molecule has 4 rings (SSSR count). The van der Waals surface area contributed by atoms with Crippen LogP contribution in [-0.4, -0.2) is 46.6 Å². The van der Waals surface area contributed by atoms with Crippen molar-refractivity contribution in [2.75, 3.05) is 16.4 Å². The lowest BCUT2D eigenvalue weighted by Gasteiger charge is -2.27. The number of hydrogen-bond donors (Lipinski definition) is 0. The van der Waals surface area contributed by atoms with Crippen LogP contribution in [-0.2, 0) is 27.6 Å². The fourth-order valence-corrected chi connectivity index (χ4v) is 5.70. The molecule has 0 spiro atoms. The average Bonchev–Trinajstić information content (AvgIpc) is 3.14. The molecule has 2 aliphatic heterocycles. The molecule has 0 radical (unpaired) electrons. The minimum absolute atomic E-state index is 0.0847. The Morgan fingerprint density at radius 3 is 2.75 bits per heavy atom. The first-order valence-corrected chi connectivity index (χ1v) is 12.1. The molecule has 0 aliphatic carbocycles. The number of benzene rings is 1. The number of anilines is 1. The van der Waals surface area contributed by atoms with Crippen LogP contribution in [0.1, 0.15) is 25.1 Å². The molecule has 0 N–H and O–H groups in total. The van der Waals surface area contributed by atoms with E-state index in [1.165, 1.54) is 23.6 Å². The molecule has 7 nitrogen and oxygen atoms in total. The summed E-state index contributed by atoms with van der Waals surface area (Å²) in [6.45, 7) is 0.880. The molecule has 0 saturated carbocycles. The maximum atomic E-state index is 13.1. The molecule has 28 heavy (non-hydrogen) atoms. The average molecular weight is 419 g/mol. The summed E-state index contributed by atoms with van der Waals surface area (Å²) in [6.07, 6.45) is 5.90. The minimum Gasteiger partial charge on any atom is -0.306 e. The molecule has 0 saturated heterocycles. The number of nitrogens with zero attached hydrogens (tertiary/aromatic N) is 4. The van der Waals surface area contributed by atoms with Crippen molar-refractivity contribution in [3.8, 4) is 0 Å². The van der Waals surface area contributed by atoms with Crippen molar-refractivity contribution in [2.24, 2.45) is 0 Å². The van der Waals surface area contributed by atoms with Gasteiger partial charge in [0.1, 0.15) is 5.82 Å². The molecule has 0 fully saturated rings. The molecule has 1 aromatic heterocycles. The van der Waals surface area contributed by atoms with Gasteiger partial charge in [-0.15, -0.1) is 10.2 Å². The lowest BCUT2D eigenvalue weighted by Crippen LogP contribution is -2.42. The van der Waals surface area contributed by atoms with Crippen LogP contribution in [0.2, 0.25) is 0 Å². The van der Waals surface area contributed by atoms with Crippen LogP contribution in [0.5, 0.6) is 0 Å². The van der Waals surface area contributed by atoms with E-state index in [1.54, 1.807) is 11.0 Å². The van der Waals surface area contributed by atoms with Crippen LogP contribution in [0.25, 0.3) is 0 Å². The van der Waals surface area contributed by atoms with Crippen LogP contribution in [0.4, 0.5) is 5.69 Å². The number of thioether (sulfide) groups is 1. The number of para-hydroxylation sites is 1. The Hall–Kier alpha value is -2.13. The molecule has 0 unspecified atom stereocenters. The summed E-state index contributed by atoms with van der Waals surface area (Å²) in [5, 5.41) is 10.5. The normalized spacial score (nSPS) is 20.5. The summed E-state index contributed by atoms with van der Waals surface area (Å²) < 4.78 is 25.9. The third kappa shape index (κ3) is 4.15. The van der Waals surface area contributed by atoms with Crippen molar-refractivity contribution < 1.29 is 13.2 Å². The molecule has 1 amide bonds. The highest BCUT2D eigenvalue weighted by Crippen LogP contribution is 2.26. The standard InChI is InChI=1S/C19H22N4O3S2/c24-18(13-27-19-21-20-17-9-5-2-6-11-22(17)19)23(15-7-3-1-4-8-15)16-10-12-28(25,26)14-16/h1,3-4,7-8,10,12,16H,2,5-6,9,11,13-14H2/t16-/m0/s1. The van der Waals surface area contributed by atoms with Crippen molar-refractivity contribution in [3.63, 3.8) is 0 Å². The van der Waals surface area contributed by atoms with Crippen molar-refractivity contribution in [3.05, 3.63) is 47.6 Å². The first-order valence-electron chi connectivity index (χ1n) is 9.36. The molecule has 148 valence electrons. The van der Waals surface area contributed by atoms with E-state index in [0.717, 1.165) is 36.8 Å². The number of aromatic nitrogens is 3. The first kappa shape index (κ1) is 19.2. The zero-order chi connectivity index (χ0) is 19.6. The highest BCUT2D eigenvalue weighted by molar-refractivity contribution is 7.99. The van der Waals surface area contributed by atoms with Gasteiger partial charge in [-0.25, -0.2) is 8.42 Å². The molecule has 2 aromatic rings. The number of hydrogen-bond acceptors (Lipinski definition) is 6. The third-order valence-electron chi connectivity index (χ3n) is 4.95. The zero-order valence-electron chi connectivity index (χ0n) is 15.4. The van der Waals surface area contributed by atoms with Gasteiger partial charge in [0.25, 0.3) is 0 Å². The van der Waals surface area contributed by atoms with Gasteiger partial charge in [-0.2, -0.15) is 0 Å². The van der Waals surface area contributed by atoms with E-state index in [0.29, 0.717) is 5.69 Å². The summed E-state index contributed by atoms with van der Waals surface area (Å²) in [7, 11) is -3.26. The Kier molecular flexibility index (Phi) is 5.54. The Bertz CT molecular complexity index is 986. The van der Waals surface area contributed by atoms with E-state index >= 15 is 0 Å². The molecule has 1 atom stereocenters. The maximum absolute atomic E-state index is 13.1. The number of carbonyl (C=O) groups is 1. The highest BCUT2D eigenvalue weighted by Gasteiger charge is 2.31. The molecule has 3 heterocycles. The van der Waals surface area contributed by atoms with Crippen molar-refractivity contribution in [2.45, 2.75) is 43.4 Å². The van der Waals surface area contributed by atoms with Gasteiger partial charge in [-0.05, 0) is 31.1 Å². The largest absolute Gasteiger partial charge is 0.306 e. The van der Waals surface area contributed by atoms with Gasteiger partial charge in [0.15, 0.2) is 15.0 Å². The van der Waals surface area contributed by atoms with Crippen LogP contribution < -0.4 is 4.90 Å². The number of sulfone groups is 1. The van der Waals surface area contributed by atoms with Gasteiger partial charge in [0.05, 0.1) is 17.5 Å². The first-order chi connectivity index (χ1) is 13.5. The molecular formula is C19H22N4O3S2. The number of amides is 1. The van der Waals surface area contributed by atoms with Crippen LogP contribution >= 0.6 is 11.8 Å². The van der Waals surface area contributed by atoms with Gasteiger partial charge in [0.2, 0.25) is 5.91 Å². The van der Waals surface area contributed by atoms with Crippen molar-refractivity contribution in [1.82, 2.24) is 14.8 Å². The molecule has 0 bridgehead atoms. The zero-order valence-corrected chi connectivity index (χ0v) is 17.0. The molecule has 2 aliphatic rings. The topological polar surface area (TPSA) is 85.2 Å². The number of carbonyl (C=O) groups excluding carboxylic acids is 1. The SMILES string of the molecule is O=C(CSc1nnc2n1CCCCC2)N(c1ccccc1)[C@H]1C=CS(=O)(=O)C1.